The van der Waals surface area contributed by atoms with Crippen molar-refractivity contribution >= 4 is 17.5 Å². The summed E-state index contributed by atoms with van der Waals surface area (Å²) in [7, 11) is 0. The highest BCUT2D eigenvalue weighted by Gasteiger charge is 2.24. The fourth-order valence-corrected chi connectivity index (χ4v) is 4.34. The first-order valence-electron chi connectivity index (χ1n) is 11.0. The van der Waals surface area contributed by atoms with Gasteiger partial charge < -0.3 is 20.7 Å². The van der Waals surface area contributed by atoms with Gasteiger partial charge in [0.1, 0.15) is 6.61 Å². The molecule has 0 unspecified atom stereocenters. The summed E-state index contributed by atoms with van der Waals surface area (Å²) in [4.78, 5) is 18.9. The smallest absolute Gasteiger partial charge is 0.407 e. The van der Waals surface area contributed by atoms with E-state index >= 15 is 0 Å². The lowest BCUT2D eigenvalue weighted by Crippen LogP contribution is -2.45. The van der Waals surface area contributed by atoms with Crippen LogP contribution in [-0.4, -0.2) is 30.2 Å². The van der Waals surface area contributed by atoms with E-state index in [1.807, 2.05) is 36.5 Å². The van der Waals surface area contributed by atoms with Gasteiger partial charge in [0, 0.05) is 30.9 Å². The molecule has 1 aromatic heterocycles. The fraction of sp³-hybridized carbons (Fsp3) is 0.308. The Morgan fingerprint density at radius 2 is 1.78 bits per heavy atom. The summed E-state index contributed by atoms with van der Waals surface area (Å²) in [6.45, 7) is 6.08. The number of aromatic nitrogens is 1. The number of nitrogens with zero attached hydrogens (tertiary/aromatic N) is 2. The number of piperidine rings is 1. The number of nitrogens with one attached hydrogen (secondary N) is 1. The van der Waals surface area contributed by atoms with Gasteiger partial charge in [0.25, 0.3) is 0 Å². The Labute approximate surface area is 189 Å². The van der Waals surface area contributed by atoms with Gasteiger partial charge in [-0.2, -0.15) is 0 Å². The third-order valence-electron chi connectivity index (χ3n) is 5.82. The zero-order valence-electron chi connectivity index (χ0n) is 18.7. The molecule has 0 bridgehead atoms. The molecule has 0 spiro atoms. The van der Waals surface area contributed by atoms with Crippen LogP contribution in [0, 0.1) is 13.8 Å². The summed E-state index contributed by atoms with van der Waals surface area (Å²) in [6.07, 6.45) is 4.90. The predicted octanol–water partition coefficient (Wildman–Crippen LogP) is 4.84. The highest BCUT2D eigenvalue weighted by molar-refractivity contribution is 5.86. The van der Waals surface area contributed by atoms with Gasteiger partial charge in [-0.05, 0) is 37.8 Å². The van der Waals surface area contributed by atoms with E-state index in [9.17, 15) is 4.79 Å². The van der Waals surface area contributed by atoms with Crippen molar-refractivity contribution in [3.63, 3.8) is 0 Å². The number of nitrogens with two attached hydrogens (primary N) is 1. The number of anilines is 2. The van der Waals surface area contributed by atoms with Crippen LogP contribution in [0.3, 0.4) is 0 Å². The third kappa shape index (κ3) is 5.19. The zero-order valence-corrected chi connectivity index (χ0v) is 18.7. The van der Waals surface area contributed by atoms with E-state index < -0.39 is 0 Å². The second kappa shape index (κ2) is 9.73. The molecule has 1 fully saturated rings. The molecule has 6 heteroatoms. The van der Waals surface area contributed by atoms with Crippen LogP contribution in [-0.2, 0) is 11.3 Å². The molecular formula is C26H30N4O2. The maximum absolute atomic E-state index is 12.2. The monoisotopic (exact) mass is 430 g/mol. The van der Waals surface area contributed by atoms with Gasteiger partial charge >= 0.3 is 6.09 Å². The van der Waals surface area contributed by atoms with Crippen LogP contribution in [0.1, 0.15) is 29.5 Å². The number of hydrogen-bond acceptors (Lipinski definition) is 5. The maximum Gasteiger partial charge on any atom is 0.407 e. The Kier molecular flexibility index (Phi) is 6.59. The minimum absolute atomic E-state index is 0.0854. The normalized spacial score (nSPS) is 14.2. The number of pyridine rings is 1. The molecule has 6 nitrogen and oxygen atoms in total. The van der Waals surface area contributed by atoms with Crippen LogP contribution in [0.15, 0.2) is 60.9 Å². The van der Waals surface area contributed by atoms with Crippen molar-refractivity contribution in [2.45, 2.75) is 39.3 Å². The van der Waals surface area contributed by atoms with Crippen LogP contribution < -0.4 is 16.0 Å². The molecule has 0 aliphatic carbocycles. The predicted molar refractivity (Wildman–Crippen MR) is 129 cm³/mol. The lowest BCUT2D eigenvalue weighted by molar-refractivity contribution is 0.134. The molecule has 4 rings (SSSR count). The van der Waals surface area contributed by atoms with E-state index in [2.05, 4.69) is 47.2 Å². The lowest BCUT2D eigenvalue weighted by Gasteiger charge is -2.35. The second-order valence-corrected chi connectivity index (χ2v) is 8.47. The first kappa shape index (κ1) is 21.7. The molecule has 2 aromatic carbocycles. The molecule has 32 heavy (non-hydrogen) atoms. The van der Waals surface area contributed by atoms with Crippen LogP contribution in [0.4, 0.5) is 16.2 Å². The number of hydrogen-bond donors (Lipinski definition) is 2. The molecule has 3 N–H and O–H groups in total. The van der Waals surface area contributed by atoms with Crippen molar-refractivity contribution in [2.24, 2.45) is 0 Å². The standard InChI is InChI=1S/C26H30N4O2/c1-18-12-19(2)14-21(13-18)23-15-28-16-24(27)25(23)30-10-8-22(9-11-30)29-26(31)32-17-20-6-4-3-5-7-20/h3-7,12-16,22H,8-11,17,27H2,1-2H3,(H,29,31). The van der Waals surface area contributed by atoms with E-state index in [1.54, 1.807) is 6.20 Å². The van der Waals surface area contributed by atoms with Crippen molar-refractivity contribution < 1.29 is 9.53 Å². The average Bonchev–Trinajstić information content (AvgIpc) is 2.78. The number of rotatable bonds is 5. The molecule has 166 valence electrons. The summed E-state index contributed by atoms with van der Waals surface area (Å²) >= 11 is 0. The second-order valence-electron chi connectivity index (χ2n) is 8.47. The van der Waals surface area contributed by atoms with Crippen LogP contribution in [0.5, 0.6) is 0 Å². The maximum atomic E-state index is 12.2. The zero-order chi connectivity index (χ0) is 22.5. The van der Waals surface area contributed by atoms with Crippen LogP contribution in [0.25, 0.3) is 11.1 Å². The Bertz CT molecular complexity index is 1060. The minimum atomic E-state index is -0.369. The number of carbonyl (C=O) groups is 1. The van der Waals surface area contributed by atoms with Crippen molar-refractivity contribution in [2.75, 3.05) is 23.7 Å². The molecule has 0 radical (unpaired) electrons. The molecule has 0 saturated carbocycles. The quantitative estimate of drug-likeness (QED) is 0.605. The first-order valence-corrected chi connectivity index (χ1v) is 11.0. The molecule has 1 saturated heterocycles. The number of aryl methyl sites for hydroxylation is 2. The van der Waals surface area contributed by atoms with Crippen LogP contribution >= 0.6 is 0 Å². The highest BCUT2D eigenvalue weighted by atomic mass is 16.5. The number of nitrogen functional groups attached to an aromatic ring is 1. The Morgan fingerprint density at radius 1 is 1.09 bits per heavy atom. The molecule has 3 aromatic rings. The number of alkyl carbamates (subject to hydrolysis) is 1. The SMILES string of the molecule is Cc1cc(C)cc(-c2cncc(N)c2N2CCC(NC(=O)OCc3ccccc3)CC2)c1. The van der Waals surface area contributed by atoms with E-state index in [4.69, 9.17) is 10.5 Å². The van der Waals surface area contributed by atoms with Gasteiger partial charge in [0.15, 0.2) is 0 Å². The summed E-state index contributed by atoms with van der Waals surface area (Å²) in [5.74, 6) is 0. The van der Waals surface area contributed by atoms with Gasteiger partial charge in [-0.15, -0.1) is 0 Å². The van der Waals surface area contributed by atoms with E-state index in [0.29, 0.717) is 5.69 Å². The summed E-state index contributed by atoms with van der Waals surface area (Å²) in [5, 5.41) is 3.01. The van der Waals surface area contributed by atoms with Crippen molar-refractivity contribution in [1.29, 1.82) is 0 Å². The topological polar surface area (TPSA) is 80.5 Å². The Balaban J connectivity index is 1.39. The molecule has 2 heterocycles. The number of benzene rings is 2. The van der Waals surface area contributed by atoms with Crippen molar-refractivity contribution in [1.82, 2.24) is 10.3 Å². The molecule has 0 atom stereocenters. The lowest BCUT2D eigenvalue weighted by atomic mass is 9.98. The molecule has 1 amide bonds. The fourth-order valence-electron chi connectivity index (χ4n) is 4.34. The van der Waals surface area contributed by atoms with Crippen molar-refractivity contribution in [3.05, 3.63) is 77.6 Å². The summed E-state index contributed by atoms with van der Waals surface area (Å²) in [6, 6.07) is 16.3. The molecule has 1 aliphatic heterocycles. The number of amides is 1. The Morgan fingerprint density at radius 3 is 2.47 bits per heavy atom. The Hall–Kier alpha value is -3.54. The highest BCUT2D eigenvalue weighted by Crippen LogP contribution is 2.37. The summed E-state index contributed by atoms with van der Waals surface area (Å²) < 4.78 is 5.37. The van der Waals surface area contributed by atoms with E-state index in [-0.39, 0.29) is 18.7 Å². The molecule has 1 aliphatic rings. The minimum Gasteiger partial charge on any atom is -0.445 e. The van der Waals surface area contributed by atoms with E-state index in [1.165, 1.54) is 11.1 Å². The first-order chi connectivity index (χ1) is 15.5. The van der Waals surface area contributed by atoms with Gasteiger partial charge in [-0.3, -0.25) is 4.98 Å². The van der Waals surface area contributed by atoms with Gasteiger partial charge in [0.05, 0.1) is 17.6 Å². The largest absolute Gasteiger partial charge is 0.445 e. The molecular weight excluding hydrogens is 400 g/mol. The van der Waals surface area contributed by atoms with Crippen LogP contribution in [0.2, 0.25) is 0 Å². The number of ether oxygens (including phenoxy) is 1. The van der Waals surface area contributed by atoms with Crippen molar-refractivity contribution in [3.8, 4) is 11.1 Å². The third-order valence-corrected chi connectivity index (χ3v) is 5.82. The van der Waals surface area contributed by atoms with E-state index in [0.717, 1.165) is 48.3 Å². The van der Waals surface area contributed by atoms with Gasteiger partial charge in [-0.25, -0.2) is 4.79 Å². The number of carbonyl (C=O) groups excluding carboxylic acids is 1. The van der Waals surface area contributed by atoms with Gasteiger partial charge in [0.2, 0.25) is 0 Å². The summed E-state index contributed by atoms with van der Waals surface area (Å²) in [5.41, 5.74) is 13.7. The average molecular weight is 431 g/mol. The van der Waals surface area contributed by atoms with Gasteiger partial charge in [-0.1, -0.05) is 59.7 Å².